The van der Waals surface area contributed by atoms with Crippen molar-refractivity contribution in [2.75, 3.05) is 13.2 Å². The van der Waals surface area contributed by atoms with Gasteiger partial charge >= 0.3 is 12.1 Å². The van der Waals surface area contributed by atoms with Crippen LogP contribution in [0.25, 0.3) is 0 Å². The summed E-state index contributed by atoms with van der Waals surface area (Å²) in [6, 6.07) is 8.91. The summed E-state index contributed by atoms with van der Waals surface area (Å²) in [6.45, 7) is 12.4. The van der Waals surface area contributed by atoms with E-state index in [1.54, 1.807) is 20.8 Å². The molecule has 0 aliphatic rings. The van der Waals surface area contributed by atoms with E-state index in [1.165, 1.54) is 0 Å². The molecule has 1 aromatic carbocycles. The molecule has 2 N–H and O–H groups in total. The van der Waals surface area contributed by atoms with Crippen molar-refractivity contribution < 1.29 is 24.5 Å². The van der Waals surface area contributed by atoms with Crippen molar-refractivity contribution in [2.24, 2.45) is 0 Å². The van der Waals surface area contributed by atoms with E-state index >= 15 is 0 Å². The summed E-state index contributed by atoms with van der Waals surface area (Å²) < 4.78 is 5.34. The highest BCUT2D eigenvalue weighted by Gasteiger charge is 2.38. The fourth-order valence-electron chi connectivity index (χ4n) is 2.62. The van der Waals surface area contributed by atoms with Crippen LogP contribution in [0, 0.1) is 0 Å². The van der Waals surface area contributed by atoms with Crippen LogP contribution in [0.1, 0.15) is 20.8 Å². The van der Waals surface area contributed by atoms with Crippen molar-refractivity contribution in [1.82, 2.24) is 4.90 Å². The molecule has 7 heteroatoms. The van der Waals surface area contributed by atoms with Gasteiger partial charge in [0.25, 0.3) is 0 Å². The molecule has 0 radical (unpaired) electrons. The molecule has 0 saturated carbocycles. The first kappa shape index (κ1) is 21.9. The number of aliphatic carboxylic acids is 1. The Balaban J connectivity index is 3.22. The molecule has 0 aliphatic carbocycles. The Morgan fingerprint density at radius 1 is 1.23 bits per heavy atom. The minimum absolute atomic E-state index is 0.422. The lowest BCUT2D eigenvalue weighted by molar-refractivity contribution is -0.138. The van der Waals surface area contributed by atoms with Crippen LogP contribution in [0.3, 0.4) is 0 Å². The Hall–Kier alpha value is -2.12. The second-order valence-corrected chi connectivity index (χ2v) is 12.2. The number of aliphatic hydroxyl groups is 1. The highest BCUT2D eigenvalue weighted by molar-refractivity contribution is 6.95. The fraction of sp³-hybridized carbons (Fsp3) is 0.474. The largest absolute Gasteiger partial charge is 0.480 e. The molecule has 144 valence electrons. The summed E-state index contributed by atoms with van der Waals surface area (Å²) in [5.41, 5.74) is -0.776. The van der Waals surface area contributed by atoms with Crippen LogP contribution >= 0.6 is 0 Å². The number of benzene rings is 1. The van der Waals surface area contributed by atoms with Gasteiger partial charge in [-0.2, -0.15) is 0 Å². The number of hydrogen-bond acceptors (Lipinski definition) is 4. The third-order valence-corrected chi connectivity index (χ3v) is 7.90. The molecule has 0 unspecified atom stereocenters. The van der Waals surface area contributed by atoms with E-state index in [2.05, 4.69) is 19.7 Å². The van der Waals surface area contributed by atoms with Crippen molar-refractivity contribution in [3.8, 4) is 0 Å². The van der Waals surface area contributed by atoms with Gasteiger partial charge in [0.15, 0.2) is 0 Å². The van der Waals surface area contributed by atoms with Gasteiger partial charge in [-0.15, -0.1) is 6.58 Å². The quantitative estimate of drug-likeness (QED) is 0.710. The topological polar surface area (TPSA) is 87.1 Å². The number of carboxylic acids is 1. The third kappa shape index (κ3) is 5.71. The van der Waals surface area contributed by atoms with Gasteiger partial charge in [-0.05, 0) is 20.8 Å². The van der Waals surface area contributed by atoms with Crippen molar-refractivity contribution in [1.29, 1.82) is 0 Å². The molecule has 1 rings (SSSR count). The van der Waals surface area contributed by atoms with Gasteiger partial charge in [-0.1, -0.05) is 53.8 Å². The van der Waals surface area contributed by atoms with Gasteiger partial charge in [-0.25, -0.2) is 4.79 Å². The zero-order valence-electron chi connectivity index (χ0n) is 16.2. The second kappa shape index (κ2) is 8.51. The highest BCUT2D eigenvalue weighted by atomic mass is 28.3. The number of ether oxygens (including phenoxy) is 1. The van der Waals surface area contributed by atoms with Crippen molar-refractivity contribution >= 4 is 25.3 Å². The number of carboxylic acid groups (broad SMARTS) is 1. The molecule has 0 aliphatic heterocycles. The summed E-state index contributed by atoms with van der Waals surface area (Å²) in [6.07, 6.45) is -0.780. The second-order valence-electron chi connectivity index (χ2n) is 7.72. The van der Waals surface area contributed by atoms with Crippen LogP contribution in [0.4, 0.5) is 4.79 Å². The predicted octanol–water partition coefficient (Wildman–Crippen LogP) is 2.38. The maximum absolute atomic E-state index is 12.6. The standard InChI is InChI=1S/C19H29NO5Si/c1-14(26(5,6)15-10-8-7-9-11-15)16(13-21)20(12-17(22)23)18(24)25-19(2,3)4/h7-11,16,21H,1,12-13H2,2-6H3,(H,22,23)/t16-/m0/s1. The van der Waals surface area contributed by atoms with Gasteiger partial charge in [0.1, 0.15) is 20.2 Å². The molecular weight excluding hydrogens is 350 g/mol. The lowest BCUT2D eigenvalue weighted by Crippen LogP contribution is -2.55. The van der Waals surface area contributed by atoms with Gasteiger partial charge in [-0.3, -0.25) is 9.69 Å². The van der Waals surface area contributed by atoms with E-state index in [0.29, 0.717) is 5.20 Å². The molecule has 0 fully saturated rings. The van der Waals surface area contributed by atoms with E-state index in [0.717, 1.165) is 10.1 Å². The van der Waals surface area contributed by atoms with Crippen LogP contribution in [0.2, 0.25) is 13.1 Å². The zero-order chi connectivity index (χ0) is 20.1. The number of rotatable bonds is 7. The summed E-state index contributed by atoms with van der Waals surface area (Å²) >= 11 is 0. The summed E-state index contributed by atoms with van der Waals surface area (Å²) in [7, 11) is -2.28. The molecule has 0 saturated heterocycles. The summed E-state index contributed by atoms with van der Waals surface area (Å²) in [4.78, 5) is 24.9. The van der Waals surface area contributed by atoms with Gasteiger partial charge in [0.2, 0.25) is 0 Å². The van der Waals surface area contributed by atoms with Crippen LogP contribution in [-0.4, -0.2) is 60.0 Å². The Kier molecular flexibility index (Phi) is 7.17. The average Bonchev–Trinajstić information content (AvgIpc) is 2.53. The number of hydrogen-bond donors (Lipinski definition) is 2. The number of carbonyl (C=O) groups is 2. The number of nitrogens with zero attached hydrogens (tertiary/aromatic N) is 1. The van der Waals surface area contributed by atoms with E-state index in [1.807, 2.05) is 30.3 Å². The minimum Gasteiger partial charge on any atom is -0.480 e. The zero-order valence-corrected chi connectivity index (χ0v) is 17.2. The van der Waals surface area contributed by atoms with E-state index < -0.39 is 44.9 Å². The molecule has 0 aromatic heterocycles. The Bertz CT molecular complexity index is 652. The van der Waals surface area contributed by atoms with Crippen LogP contribution in [0.15, 0.2) is 42.1 Å². The molecule has 26 heavy (non-hydrogen) atoms. The molecule has 1 amide bonds. The van der Waals surface area contributed by atoms with E-state index in [-0.39, 0.29) is 0 Å². The first-order valence-corrected chi connectivity index (χ1v) is 11.5. The van der Waals surface area contributed by atoms with Crippen molar-refractivity contribution in [3.63, 3.8) is 0 Å². The molecule has 1 aromatic rings. The SMILES string of the molecule is C=C([C@H](CO)N(CC(=O)O)C(=O)OC(C)(C)C)[Si](C)(C)c1ccccc1. The lowest BCUT2D eigenvalue weighted by atomic mass is 10.2. The molecule has 0 bridgehead atoms. The number of carbonyl (C=O) groups excluding carboxylic acids is 1. The first-order valence-electron chi connectivity index (χ1n) is 8.47. The Morgan fingerprint density at radius 3 is 2.19 bits per heavy atom. The molecule has 6 nitrogen and oxygen atoms in total. The lowest BCUT2D eigenvalue weighted by Gasteiger charge is -2.37. The summed E-state index contributed by atoms with van der Waals surface area (Å²) in [5.74, 6) is -1.18. The fourth-order valence-corrected chi connectivity index (χ4v) is 5.10. The Labute approximate surface area is 156 Å². The van der Waals surface area contributed by atoms with Crippen molar-refractivity contribution in [2.45, 2.75) is 45.5 Å². The minimum atomic E-state index is -2.28. The van der Waals surface area contributed by atoms with Gasteiger partial charge < -0.3 is 14.9 Å². The maximum Gasteiger partial charge on any atom is 0.411 e. The highest BCUT2D eigenvalue weighted by Crippen LogP contribution is 2.23. The van der Waals surface area contributed by atoms with E-state index in [9.17, 15) is 19.8 Å². The maximum atomic E-state index is 12.6. The monoisotopic (exact) mass is 379 g/mol. The first-order chi connectivity index (χ1) is 11.9. The molecule has 0 spiro atoms. The van der Waals surface area contributed by atoms with Crippen LogP contribution < -0.4 is 5.19 Å². The summed E-state index contributed by atoms with van der Waals surface area (Å²) in [5, 5.41) is 20.9. The smallest absolute Gasteiger partial charge is 0.411 e. The van der Waals surface area contributed by atoms with Gasteiger partial charge in [0.05, 0.1) is 12.6 Å². The predicted molar refractivity (Wildman–Crippen MR) is 104 cm³/mol. The van der Waals surface area contributed by atoms with Crippen LogP contribution in [0.5, 0.6) is 0 Å². The van der Waals surface area contributed by atoms with Crippen LogP contribution in [-0.2, 0) is 9.53 Å². The average molecular weight is 380 g/mol. The Morgan fingerprint density at radius 2 is 1.77 bits per heavy atom. The normalized spacial score (nSPS) is 13.0. The van der Waals surface area contributed by atoms with E-state index in [4.69, 9.17) is 4.74 Å². The third-order valence-electron chi connectivity index (χ3n) is 4.18. The van der Waals surface area contributed by atoms with Gasteiger partial charge in [0, 0.05) is 0 Å². The molecule has 1 atom stereocenters. The number of amides is 1. The molecular formula is C19H29NO5Si. The number of aliphatic hydroxyl groups excluding tert-OH is 1. The molecule has 0 heterocycles. The van der Waals surface area contributed by atoms with Crippen molar-refractivity contribution in [3.05, 3.63) is 42.1 Å².